The number of rotatable bonds is 3. The van der Waals surface area contributed by atoms with Gasteiger partial charge in [-0.05, 0) is 34.5 Å². The highest BCUT2D eigenvalue weighted by Crippen LogP contribution is 2.36. The number of hydrogen-bond acceptors (Lipinski definition) is 3. The lowest BCUT2D eigenvalue weighted by Gasteiger charge is -2.22. The molecule has 0 bridgehead atoms. The summed E-state index contributed by atoms with van der Waals surface area (Å²) < 4.78 is 5.69. The average molecular weight is 386 g/mol. The number of halogens is 1. The first-order chi connectivity index (χ1) is 11.6. The fraction of sp³-hybridized carbons (Fsp3) is 0.105. The van der Waals surface area contributed by atoms with Gasteiger partial charge >= 0.3 is 6.09 Å². The standard InChI is InChI=1S/C19H16BrNO3/c1-24-19(23)21-18(13-6-9-14(20)10-7-13)17-15-5-3-2-4-12(15)8-11-16(17)22/h2-11,18,22H,1H3,(H,21,23). The molecule has 3 aromatic rings. The summed E-state index contributed by atoms with van der Waals surface area (Å²) in [6, 6.07) is 18.3. The first-order valence-electron chi connectivity index (χ1n) is 7.40. The van der Waals surface area contributed by atoms with E-state index in [0.29, 0.717) is 5.56 Å². The van der Waals surface area contributed by atoms with E-state index in [1.165, 1.54) is 7.11 Å². The van der Waals surface area contributed by atoms with Crippen molar-refractivity contribution in [1.29, 1.82) is 0 Å². The van der Waals surface area contributed by atoms with Gasteiger partial charge in [-0.3, -0.25) is 0 Å². The molecule has 122 valence electrons. The number of hydrogen-bond donors (Lipinski definition) is 2. The van der Waals surface area contributed by atoms with E-state index in [2.05, 4.69) is 21.2 Å². The molecule has 5 heteroatoms. The van der Waals surface area contributed by atoms with E-state index in [-0.39, 0.29) is 5.75 Å². The molecular weight excluding hydrogens is 370 g/mol. The summed E-state index contributed by atoms with van der Waals surface area (Å²) in [5.74, 6) is 0.123. The first-order valence-corrected chi connectivity index (χ1v) is 8.20. The zero-order valence-electron chi connectivity index (χ0n) is 13.0. The van der Waals surface area contributed by atoms with Crippen LogP contribution in [0.1, 0.15) is 17.2 Å². The van der Waals surface area contributed by atoms with E-state index in [4.69, 9.17) is 4.74 Å². The lowest BCUT2D eigenvalue weighted by molar-refractivity contribution is 0.168. The maximum absolute atomic E-state index is 11.9. The molecule has 3 rings (SSSR count). The summed E-state index contributed by atoms with van der Waals surface area (Å²) in [5.41, 5.74) is 1.48. The second-order valence-corrected chi connectivity index (χ2v) is 6.26. The third-order valence-corrected chi connectivity index (χ3v) is 4.42. The second-order valence-electron chi connectivity index (χ2n) is 5.34. The molecule has 0 radical (unpaired) electrons. The van der Waals surface area contributed by atoms with Crippen LogP contribution in [0, 0.1) is 0 Å². The summed E-state index contributed by atoms with van der Waals surface area (Å²) in [6.07, 6.45) is -0.560. The lowest BCUT2D eigenvalue weighted by atomic mass is 9.93. The second kappa shape index (κ2) is 6.93. The normalized spacial score (nSPS) is 11.9. The van der Waals surface area contributed by atoms with Gasteiger partial charge in [0.1, 0.15) is 5.75 Å². The van der Waals surface area contributed by atoms with Gasteiger partial charge in [0.2, 0.25) is 0 Å². The molecule has 24 heavy (non-hydrogen) atoms. The van der Waals surface area contributed by atoms with Gasteiger partial charge in [-0.25, -0.2) is 4.79 Å². The minimum atomic E-state index is -0.560. The molecule has 0 aromatic heterocycles. The van der Waals surface area contributed by atoms with Crippen LogP contribution in [-0.2, 0) is 4.74 Å². The quantitative estimate of drug-likeness (QED) is 0.683. The van der Waals surface area contributed by atoms with Gasteiger partial charge in [0, 0.05) is 10.0 Å². The highest BCUT2D eigenvalue weighted by atomic mass is 79.9. The molecule has 4 nitrogen and oxygen atoms in total. The largest absolute Gasteiger partial charge is 0.508 e. The van der Waals surface area contributed by atoms with Crippen molar-refractivity contribution in [2.24, 2.45) is 0 Å². The Morgan fingerprint density at radius 2 is 1.79 bits per heavy atom. The summed E-state index contributed by atoms with van der Waals surface area (Å²) in [6.45, 7) is 0. The van der Waals surface area contributed by atoms with E-state index in [9.17, 15) is 9.90 Å². The van der Waals surface area contributed by atoms with Gasteiger partial charge in [0.05, 0.1) is 13.2 Å². The minimum Gasteiger partial charge on any atom is -0.508 e. The molecule has 0 saturated carbocycles. The number of nitrogens with one attached hydrogen (secondary N) is 1. The predicted molar refractivity (Wildman–Crippen MR) is 97.1 cm³/mol. The summed E-state index contributed by atoms with van der Waals surface area (Å²) >= 11 is 3.41. The fourth-order valence-electron chi connectivity index (χ4n) is 2.74. The number of phenolic OH excluding ortho intramolecular Hbond substituents is 1. The number of methoxy groups -OCH3 is 1. The topological polar surface area (TPSA) is 58.6 Å². The molecule has 0 aliphatic rings. The monoisotopic (exact) mass is 385 g/mol. The van der Waals surface area contributed by atoms with E-state index in [0.717, 1.165) is 20.8 Å². The van der Waals surface area contributed by atoms with Crippen molar-refractivity contribution in [2.45, 2.75) is 6.04 Å². The van der Waals surface area contributed by atoms with Gasteiger partial charge in [-0.1, -0.05) is 58.4 Å². The summed E-state index contributed by atoms with van der Waals surface area (Å²) in [7, 11) is 1.32. The number of phenols is 1. The highest BCUT2D eigenvalue weighted by molar-refractivity contribution is 9.10. The maximum atomic E-state index is 11.9. The molecule has 1 amide bonds. The Kier molecular flexibility index (Phi) is 4.71. The molecule has 2 N–H and O–H groups in total. The van der Waals surface area contributed by atoms with Gasteiger partial charge in [0.15, 0.2) is 0 Å². The number of carbonyl (C=O) groups excluding carboxylic acids is 1. The zero-order chi connectivity index (χ0) is 17.1. The Hall–Kier alpha value is -2.53. The fourth-order valence-corrected chi connectivity index (χ4v) is 3.01. The third-order valence-electron chi connectivity index (χ3n) is 3.89. The molecule has 3 aromatic carbocycles. The van der Waals surface area contributed by atoms with Crippen LogP contribution in [0.25, 0.3) is 10.8 Å². The van der Waals surface area contributed by atoms with Crippen molar-refractivity contribution in [3.05, 3.63) is 76.3 Å². The Labute approximate surface area is 148 Å². The molecule has 0 fully saturated rings. The molecule has 0 saturated heterocycles. The van der Waals surface area contributed by atoms with Crippen LogP contribution >= 0.6 is 15.9 Å². The maximum Gasteiger partial charge on any atom is 0.407 e. The third kappa shape index (κ3) is 3.21. The molecule has 0 spiro atoms. The van der Waals surface area contributed by atoms with Crippen molar-refractivity contribution in [3.8, 4) is 5.75 Å². The lowest BCUT2D eigenvalue weighted by Crippen LogP contribution is -2.29. The Balaban J connectivity index is 2.20. The minimum absolute atomic E-state index is 0.123. The van der Waals surface area contributed by atoms with E-state index in [1.807, 2.05) is 54.6 Å². The number of fused-ring (bicyclic) bond motifs is 1. The molecule has 0 aliphatic carbocycles. The van der Waals surface area contributed by atoms with Gasteiger partial charge in [0.25, 0.3) is 0 Å². The van der Waals surface area contributed by atoms with E-state index in [1.54, 1.807) is 6.07 Å². The van der Waals surface area contributed by atoms with Crippen LogP contribution in [0.3, 0.4) is 0 Å². The number of aromatic hydroxyl groups is 1. The molecular formula is C19H16BrNO3. The number of amides is 1. The Bertz CT molecular complexity index is 877. The van der Waals surface area contributed by atoms with E-state index < -0.39 is 12.1 Å². The Morgan fingerprint density at radius 3 is 2.50 bits per heavy atom. The van der Waals surface area contributed by atoms with Gasteiger partial charge < -0.3 is 15.2 Å². The van der Waals surface area contributed by atoms with Crippen molar-refractivity contribution >= 4 is 32.8 Å². The van der Waals surface area contributed by atoms with Crippen LogP contribution in [0.2, 0.25) is 0 Å². The molecule has 0 aliphatic heterocycles. The number of carbonyl (C=O) groups is 1. The summed E-state index contributed by atoms with van der Waals surface area (Å²) in [4.78, 5) is 11.9. The van der Waals surface area contributed by atoms with Crippen molar-refractivity contribution in [1.82, 2.24) is 5.32 Å². The number of ether oxygens (including phenoxy) is 1. The number of benzene rings is 3. The predicted octanol–water partition coefficient (Wildman–Crippen LogP) is 4.75. The highest BCUT2D eigenvalue weighted by Gasteiger charge is 2.22. The van der Waals surface area contributed by atoms with Crippen LogP contribution < -0.4 is 5.32 Å². The summed E-state index contributed by atoms with van der Waals surface area (Å²) in [5, 5.41) is 15.2. The van der Waals surface area contributed by atoms with Crippen LogP contribution in [0.4, 0.5) is 4.79 Å². The van der Waals surface area contributed by atoms with Crippen LogP contribution in [-0.4, -0.2) is 18.3 Å². The first kappa shape index (κ1) is 16.3. The molecule has 1 atom stereocenters. The smallest absolute Gasteiger partial charge is 0.407 e. The molecule has 1 unspecified atom stereocenters. The molecule has 0 heterocycles. The zero-order valence-corrected chi connectivity index (χ0v) is 14.6. The van der Waals surface area contributed by atoms with Crippen molar-refractivity contribution < 1.29 is 14.6 Å². The van der Waals surface area contributed by atoms with Crippen molar-refractivity contribution in [2.75, 3.05) is 7.11 Å². The number of alkyl carbamates (subject to hydrolysis) is 1. The van der Waals surface area contributed by atoms with Crippen LogP contribution in [0.15, 0.2) is 65.1 Å². The van der Waals surface area contributed by atoms with Gasteiger partial charge in [-0.15, -0.1) is 0 Å². The average Bonchev–Trinajstić information content (AvgIpc) is 2.61. The Morgan fingerprint density at radius 1 is 1.08 bits per heavy atom. The van der Waals surface area contributed by atoms with E-state index >= 15 is 0 Å². The van der Waals surface area contributed by atoms with Crippen LogP contribution in [0.5, 0.6) is 5.75 Å². The SMILES string of the molecule is COC(=O)NC(c1ccc(Br)cc1)c1c(O)ccc2ccccc12. The van der Waals surface area contributed by atoms with Gasteiger partial charge in [-0.2, -0.15) is 0 Å². The van der Waals surface area contributed by atoms with Crippen molar-refractivity contribution in [3.63, 3.8) is 0 Å².